The van der Waals surface area contributed by atoms with Gasteiger partial charge in [-0.05, 0) is 25.8 Å². The average Bonchev–Trinajstić information content (AvgIpc) is 2.43. The summed E-state index contributed by atoms with van der Waals surface area (Å²) >= 11 is 0. The Morgan fingerprint density at radius 1 is 1.47 bits per heavy atom. The van der Waals surface area contributed by atoms with Gasteiger partial charge in [0.2, 0.25) is 0 Å². The van der Waals surface area contributed by atoms with Crippen molar-refractivity contribution in [3.63, 3.8) is 0 Å². The van der Waals surface area contributed by atoms with E-state index in [0.717, 1.165) is 0 Å². The SMILES string of the molecule is C#CC(C)(N)CCC(O)COc1ccccc1CO. The number of benzene rings is 1. The van der Waals surface area contributed by atoms with Gasteiger partial charge in [-0.3, -0.25) is 0 Å². The lowest BCUT2D eigenvalue weighted by Crippen LogP contribution is -2.35. The maximum Gasteiger partial charge on any atom is 0.124 e. The Labute approximate surface area is 114 Å². The highest BCUT2D eigenvalue weighted by molar-refractivity contribution is 5.32. The maximum absolute atomic E-state index is 9.82. The van der Waals surface area contributed by atoms with Gasteiger partial charge in [-0.1, -0.05) is 24.1 Å². The standard InChI is InChI=1S/C15H21NO3/c1-3-15(2,16)9-8-13(18)11-19-14-7-5-4-6-12(14)10-17/h1,4-7,13,17-18H,8-11,16H2,2H3. The van der Waals surface area contributed by atoms with Crippen molar-refractivity contribution in [2.75, 3.05) is 6.61 Å². The maximum atomic E-state index is 9.82. The summed E-state index contributed by atoms with van der Waals surface area (Å²) in [7, 11) is 0. The van der Waals surface area contributed by atoms with Gasteiger partial charge >= 0.3 is 0 Å². The number of ether oxygens (including phenoxy) is 1. The number of para-hydroxylation sites is 1. The summed E-state index contributed by atoms with van der Waals surface area (Å²) in [6, 6.07) is 7.17. The van der Waals surface area contributed by atoms with Crippen molar-refractivity contribution in [1.29, 1.82) is 0 Å². The molecule has 0 saturated carbocycles. The average molecular weight is 263 g/mol. The van der Waals surface area contributed by atoms with E-state index in [0.29, 0.717) is 24.2 Å². The van der Waals surface area contributed by atoms with Crippen LogP contribution in [0.4, 0.5) is 0 Å². The topological polar surface area (TPSA) is 75.7 Å². The molecule has 19 heavy (non-hydrogen) atoms. The van der Waals surface area contributed by atoms with Crippen LogP contribution in [0.3, 0.4) is 0 Å². The van der Waals surface area contributed by atoms with Gasteiger partial charge < -0.3 is 20.7 Å². The highest BCUT2D eigenvalue weighted by Gasteiger charge is 2.17. The van der Waals surface area contributed by atoms with Crippen LogP contribution in [0.1, 0.15) is 25.3 Å². The molecule has 0 spiro atoms. The summed E-state index contributed by atoms with van der Waals surface area (Å²) in [6.07, 6.45) is 5.64. The largest absolute Gasteiger partial charge is 0.491 e. The molecule has 104 valence electrons. The van der Waals surface area contributed by atoms with E-state index in [4.69, 9.17) is 22.0 Å². The summed E-state index contributed by atoms with van der Waals surface area (Å²) in [5.41, 5.74) is 5.79. The minimum absolute atomic E-state index is 0.0930. The second-order valence-electron chi connectivity index (χ2n) is 4.83. The quantitative estimate of drug-likeness (QED) is 0.643. The molecular formula is C15H21NO3. The molecule has 0 aliphatic carbocycles. The van der Waals surface area contributed by atoms with Crippen LogP contribution in [-0.4, -0.2) is 28.5 Å². The lowest BCUT2D eigenvalue weighted by Gasteiger charge is -2.20. The molecule has 0 aliphatic heterocycles. The van der Waals surface area contributed by atoms with Crippen molar-refractivity contribution in [2.24, 2.45) is 5.73 Å². The summed E-state index contributed by atoms with van der Waals surface area (Å²) in [4.78, 5) is 0. The molecule has 0 heterocycles. The second-order valence-corrected chi connectivity index (χ2v) is 4.83. The Morgan fingerprint density at radius 3 is 2.79 bits per heavy atom. The van der Waals surface area contributed by atoms with Gasteiger partial charge in [0.1, 0.15) is 12.4 Å². The van der Waals surface area contributed by atoms with E-state index >= 15 is 0 Å². The van der Waals surface area contributed by atoms with Crippen LogP contribution in [0.15, 0.2) is 24.3 Å². The molecule has 2 atom stereocenters. The van der Waals surface area contributed by atoms with E-state index < -0.39 is 11.6 Å². The van der Waals surface area contributed by atoms with Crippen LogP contribution in [0.5, 0.6) is 5.75 Å². The lowest BCUT2D eigenvalue weighted by molar-refractivity contribution is 0.0935. The third-order valence-corrected chi connectivity index (χ3v) is 2.90. The first-order valence-electron chi connectivity index (χ1n) is 6.25. The Bertz CT molecular complexity index is 437. The summed E-state index contributed by atoms with van der Waals surface area (Å²) < 4.78 is 5.49. The third-order valence-electron chi connectivity index (χ3n) is 2.90. The number of rotatable bonds is 7. The predicted molar refractivity (Wildman–Crippen MR) is 74.5 cm³/mol. The van der Waals surface area contributed by atoms with Crippen LogP contribution < -0.4 is 10.5 Å². The fraction of sp³-hybridized carbons (Fsp3) is 0.467. The van der Waals surface area contributed by atoms with Gasteiger partial charge in [0, 0.05) is 5.56 Å². The van der Waals surface area contributed by atoms with Crippen LogP contribution in [0.25, 0.3) is 0 Å². The third kappa shape index (κ3) is 5.31. The zero-order chi connectivity index (χ0) is 14.3. The molecule has 0 saturated heterocycles. The second kappa shape index (κ2) is 7.15. The summed E-state index contributed by atoms with van der Waals surface area (Å²) in [6.45, 7) is 1.81. The van der Waals surface area contributed by atoms with E-state index in [9.17, 15) is 5.11 Å². The van der Waals surface area contributed by atoms with E-state index in [2.05, 4.69) is 5.92 Å². The summed E-state index contributed by atoms with van der Waals surface area (Å²) in [5.74, 6) is 3.06. The monoisotopic (exact) mass is 263 g/mol. The van der Waals surface area contributed by atoms with Crippen molar-refractivity contribution in [1.82, 2.24) is 0 Å². The molecule has 4 heteroatoms. The number of hydrogen-bond donors (Lipinski definition) is 3. The molecule has 1 rings (SSSR count). The first kappa shape index (κ1) is 15.5. The highest BCUT2D eigenvalue weighted by Crippen LogP contribution is 2.18. The summed E-state index contributed by atoms with van der Waals surface area (Å²) in [5, 5.41) is 19.0. The van der Waals surface area contributed by atoms with Gasteiger partial charge in [0.15, 0.2) is 0 Å². The Kier molecular flexibility index (Phi) is 5.84. The molecule has 0 bridgehead atoms. The molecule has 4 nitrogen and oxygen atoms in total. The molecule has 0 fully saturated rings. The van der Waals surface area contributed by atoms with E-state index in [1.54, 1.807) is 19.1 Å². The Balaban J connectivity index is 2.42. The van der Waals surface area contributed by atoms with E-state index in [1.807, 2.05) is 12.1 Å². The lowest BCUT2D eigenvalue weighted by atomic mass is 9.96. The van der Waals surface area contributed by atoms with Crippen molar-refractivity contribution >= 4 is 0 Å². The molecule has 0 radical (unpaired) electrons. The van der Waals surface area contributed by atoms with Gasteiger partial charge in [-0.15, -0.1) is 6.42 Å². The first-order chi connectivity index (χ1) is 8.98. The van der Waals surface area contributed by atoms with E-state index in [-0.39, 0.29) is 13.2 Å². The Morgan fingerprint density at radius 2 is 2.16 bits per heavy atom. The molecular weight excluding hydrogens is 242 g/mol. The van der Waals surface area contributed by atoms with Crippen LogP contribution in [-0.2, 0) is 6.61 Å². The van der Waals surface area contributed by atoms with Gasteiger partial charge in [0.25, 0.3) is 0 Å². The number of aliphatic hydroxyl groups is 2. The molecule has 1 aromatic rings. The van der Waals surface area contributed by atoms with Crippen LogP contribution in [0.2, 0.25) is 0 Å². The molecule has 1 aromatic carbocycles. The number of terminal acetylenes is 1. The zero-order valence-corrected chi connectivity index (χ0v) is 11.2. The van der Waals surface area contributed by atoms with Crippen LogP contribution >= 0.6 is 0 Å². The normalized spacial score (nSPS) is 15.3. The van der Waals surface area contributed by atoms with E-state index in [1.165, 1.54) is 0 Å². The van der Waals surface area contributed by atoms with Gasteiger partial charge in [-0.25, -0.2) is 0 Å². The highest BCUT2D eigenvalue weighted by atomic mass is 16.5. The molecule has 2 unspecified atom stereocenters. The van der Waals surface area contributed by atoms with Gasteiger partial charge in [0.05, 0.1) is 18.2 Å². The van der Waals surface area contributed by atoms with Crippen LogP contribution in [0, 0.1) is 12.3 Å². The fourth-order valence-electron chi connectivity index (χ4n) is 1.58. The van der Waals surface area contributed by atoms with Crippen molar-refractivity contribution in [3.8, 4) is 18.1 Å². The van der Waals surface area contributed by atoms with Gasteiger partial charge in [-0.2, -0.15) is 0 Å². The first-order valence-corrected chi connectivity index (χ1v) is 6.25. The molecule has 0 aliphatic rings. The number of aliphatic hydroxyl groups excluding tert-OH is 2. The predicted octanol–water partition coefficient (Wildman–Crippen LogP) is 1.05. The molecule has 0 amide bonds. The number of hydrogen-bond acceptors (Lipinski definition) is 4. The minimum Gasteiger partial charge on any atom is -0.491 e. The van der Waals surface area contributed by atoms with Crippen molar-refractivity contribution in [2.45, 2.75) is 38.0 Å². The smallest absolute Gasteiger partial charge is 0.124 e. The number of nitrogens with two attached hydrogens (primary N) is 1. The molecule has 0 aromatic heterocycles. The molecule has 4 N–H and O–H groups in total. The minimum atomic E-state index is -0.704. The zero-order valence-electron chi connectivity index (χ0n) is 11.2. The Hall–Kier alpha value is -1.54. The fourth-order valence-corrected chi connectivity index (χ4v) is 1.58. The van der Waals surface area contributed by atoms with Crippen molar-refractivity contribution < 1.29 is 14.9 Å². The van der Waals surface area contributed by atoms with Crippen molar-refractivity contribution in [3.05, 3.63) is 29.8 Å².